The Labute approximate surface area is 138 Å². The zero-order valence-corrected chi connectivity index (χ0v) is 14.3. The van der Waals surface area contributed by atoms with Crippen molar-refractivity contribution in [2.24, 2.45) is 5.92 Å². The second-order valence-electron chi connectivity index (χ2n) is 7.08. The number of carbonyl (C=O) groups excluding carboxylic acids is 1. The van der Waals surface area contributed by atoms with Crippen LogP contribution in [0, 0.1) is 26.7 Å². The average Bonchev–Trinajstić information content (AvgIpc) is 2.95. The molecule has 0 aliphatic carbocycles. The zero-order valence-electron chi connectivity index (χ0n) is 14.3. The summed E-state index contributed by atoms with van der Waals surface area (Å²) in [6.45, 7) is 8.03. The second-order valence-corrected chi connectivity index (χ2v) is 7.08. The lowest BCUT2D eigenvalue weighted by molar-refractivity contribution is -0.0589. The summed E-state index contributed by atoms with van der Waals surface area (Å²) < 4.78 is 5.56. The third-order valence-electron chi connectivity index (χ3n) is 5.31. The molecular formula is C19H27NO3. The Kier molecular flexibility index (Phi) is 4.74. The number of aliphatic hydroxyl groups excluding tert-OH is 1. The predicted octanol–water partition coefficient (Wildman–Crippen LogP) is 2.61. The van der Waals surface area contributed by atoms with Crippen LogP contribution in [-0.4, -0.2) is 47.8 Å². The van der Waals surface area contributed by atoms with Crippen molar-refractivity contribution in [3.05, 3.63) is 34.4 Å². The van der Waals surface area contributed by atoms with Gasteiger partial charge in [-0.1, -0.05) is 17.7 Å². The summed E-state index contributed by atoms with van der Waals surface area (Å²) in [5.41, 5.74) is 4.09. The molecule has 4 heteroatoms. The van der Waals surface area contributed by atoms with Crippen LogP contribution in [0.4, 0.5) is 0 Å². The smallest absolute Gasteiger partial charge is 0.254 e. The van der Waals surface area contributed by atoms with Crippen molar-refractivity contribution in [2.45, 2.75) is 52.2 Å². The van der Waals surface area contributed by atoms with Crippen LogP contribution in [0.3, 0.4) is 0 Å². The lowest BCUT2D eigenvalue weighted by Gasteiger charge is -2.37. The second kappa shape index (κ2) is 6.62. The van der Waals surface area contributed by atoms with Gasteiger partial charge in [-0.15, -0.1) is 0 Å². The molecule has 1 amide bonds. The number of benzene rings is 1. The molecular weight excluding hydrogens is 290 g/mol. The Morgan fingerprint density at radius 2 is 1.91 bits per heavy atom. The molecule has 0 radical (unpaired) electrons. The summed E-state index contributed by atoms with van der Waals surface area (Å²) in [6, 6.07) is 4.24. The van der Waals surface area contributed by atoms with Crippen molar-refractivity contribution < 1.29 is 14.6 Å². The summed E-state index contributed by atoms with van der Waals surface area (Å²) in [5, 5.41) is 10.3. The van der Waals surface area contributed by atoms with Gasteiger partial charge in [0.05, 0.1) is 12.7 Å². The highest BCUT2D eigenvalue weighted by atomic mass is 16.5. The van der Waals surface area contributed by atoms with E-state index in [9.17, 15) is 9.90 Å². The summed E-state index contributed by atoms with van der Waals surface area (Å²) in [6.07, 6.45) is 2.28. The minimum atomic E-state index is -0.359. The van der Waals surface area contributed by atoms with Crippen molar-refractivity contribution in [1.82, 2.24) is 4.90 Å². The molecule has 3 rings (SSSR count). The third kappa shape index (κ3) is 3.15. The van der Waals surface area contributed by atoms with Crippen LogP contribution in [0.2, 0.25) is 0 Å². The zero-order chi connectivity index (χ0) is 16.6. The SMILES string of the molecule is Cc1cc(C)c(C(=O)N2CCC[C@@H]2[C@H]2COCC[C@H]2O)c(C)c1. The van der Waals surface area contributed by atoms with Crippen molar-refractivity contribution in [3.63, 3.8) is 0 Å². The lowest BCUT2D eigenvalue weighted by Crippen LogP contribution is -2.48. The fourth-order valence-electron chi connectivity index (χ4n) is 4.27. The number of amides is 1. The molecule has 0 saturated carbocycles. The van der Waals surface area contributed by atoms with Crippen LogP contribution in [0.15, 0.2) is 12.1 Å². The van der Waals surface area contributed by atoms with E-state index in [1.54, 1.807) is 0 Å². The van der Waals surface area contributed by atoms with Crippen LogP contribution >= 0.6 is 0 Å². The Balaban J connectivity index is 1.86. The van der Waals surface area contributed by atoms with E-state index in [1.165, 1.54) is 5.56 Å². The van der Waals surface area contributed by atoms with E-state index in [4.69, 9.17) is 4.74 Å². The molecule has 1 aromatic carbocycles. The quantitative estimate of drug-likeness (QED) is 0.912. The van der Waals surface area contributed by atoms with Gasteiger partial charge < -0.3 is 14.7 Å². The van der Waals surface area contributed by atoms with E-state index in [-0.39, 0.29) is 24.0 Å². The van der Waals surface area contributed by atoms with Crippen molar-refractivity contribution in [1.29, 1.82) is 0 Å². The van der Waals surface area contributed by atoms with Gasteiger partial charge in [0.2, 0.25) is 0 Å². The minimum Gasteiger partial charge on any atom is -0.393 e. The molecule has 23 heavy (non-hydrogen) atoms. The molecule has 1 aromatic rings. The number of hydrogen-bond acceptors (Lipinski definition) is 3. The van der Waals surface area contributed by atoms with E-state index < -0.39 is 0 Å². The van der Waals surface area contributed by atoms with Gasteiger partial charge in [-0.05, 0) is 51.2 Å². The van der Waals surface area contributed by atoms with Gasteiger partial charge in [0, 0.05) is 30.7 Å². The van der Waals surface area contributed by atoms with Crippen molar-refractivity contribution in [3.8, 4) is 0 Å². The Morgan fingerprint density at radius 1 is 1.22 bits per heavy atom. The topological polar surface area (TPSA) is 49.8 Å². The van der Waals surface area contributed by atoms with Gasteiger partial charge in [0.15, 0.2) is 0 Å². The highest BCUT2D eigenvalue weighted by Crippen LogP contribution is 2.32. The number of aliphatic hydroxyl groups is 1. The largest absolute Gasteiger partial charge is 0.393 e. The molecule has 1 N–H and O–H groups in total. The first-order valence-corrected chi connectivity index (χ1v) is 8.63. The van der Waals surface area contributed by atoms with Gasteiger partial charge in [-0.2, -0.15) is 0 Å². The molecule has 2 fully saturated rings. The molecule has 2 aliphatic rings. The fraction of sp³-hybridized carbons (Fsp3) is 0.632. The number of hydrogen-bond donors (Lipinski definition) is 1. The first-order chi connectivity index (χ1) is 11.0. The molecule has 2 heterocycles. The molecule has 0 spiro atoms. The van der Waals surface area contributed by atoms with E-state index in [1.807, 2.05) is 18.7 Å². The van der Waals surface area contributed by atoms with Crippen LogP contribution in [0.1, 0.15) is 46.3 Å². The Hall–Kier alpha value is -1.39. The molecule has 0 unspecified atom stereocenters. The number of ether oxygens (including phenoxy) is 1. The highest BCUT2D eigenvalue weighted by Gasteiger charge is 2.40. The highest BCUT2D eigenvalue weighted by molar-refractivity contribution is 5.97. The maximum atomic E-state index is 13.2. The van der Waals surface area contributed by atoms with E-state index in [0.717, 1.165) is 36.1 Å². The van der Waals surface area contributed by atoms with Crippen LogP contribution < -0.4 is 0 Å². The summed E-state index contributed by atoms with van der Waals surface area (Å²) in [7, 11) is 0. The lowest BCUT2D eigenvalue weighted by atomic mass is 9.88. The first-order valence-electron chi connectivity index (χ1n) is 8.63. The van der Waals surface area contributed by atoms with E-state index >= 15 is 0 Å². The van der Waals surface area contributed by atoms with Crippen LogP contribution in [0.25, 0.3) is 0 Å². The van der Waals surface area contributed by atoms with Gasteiger partial charge in [0.1, 0.15) is 0 Å². The number of aryl methyl sites for hydroxylation is 3. The maximum Gasteiger partial charge on any atom is 0.254 e. The molecule has 126 valence electrons. The van der Waals surface area contributed by atoms with E-state index in [2.05, 4.69) is 19.1 Å². The fourth-order valence-corrected chi connectivity index (χ4v) is 4.27. The first kappa shape index (κ1) is 16.5. The number of likely N-dealkylation sites (tertiary alicyclic amines) is 1. The van der Waals surface area contributed by atoms with Gasteiger partial charge in [-0.25, -0.2) is 0 Å². The van der Waals surface area contributed by atoms with Gasteiger partial charge in [0.25, 0.3) is 5.91 Å². The molecule has 2 aliphatic heterocycles. The van der Waals surface area contributed by atoms with E-state index in [0.29, 0.717) is 19.6 Å². The van der Waals surface area contributed by atoms with Gasteiger partial charge >= 0.3 is 0 Å². The number of carbonyl (C=O) groups is 1. The minimum absolute atomic E-state index is 0.0428. The summed E-state index contributed by atoms with van der Waals surface area (Å²) in [4.78, 5) is 15.1. The summed E-state index contributed by atoms with van der Waals surface area (Å²) in [5.74, 6) is 0.154. The monoisotopic (exact) mass is 317 g/mol. The Bertz CT molecular complexity index is 575. The molecule has 0 bridgehead atoms. The van der Waals surface area contributed by atoms with Crippen molar-refractivity contribution in [2.75, 3.05) is 19.8 Å². The molecule has 3 atom stereocenters. The molecule has 4 nitrogen and oxygen atoms in total. The van der Waals surface area contributed by atoms with Gasteiger partial charge in [-0.3, -0.25) is 4.79 Å². The molecule has 2 saturated heterocycles. The van der Waals surface area contributed by atoms with Crippen LogP contribution in [0.5, 0.6) is 0 Å². The Morgan fingerprint density at radius 3 is 2.57 bits per heavy atom. The third-order valence-corrected chi connectivity index (χ3v) is 5.31. The standard InChI is InChI=1S/C19H27NO3/c1-12-9-13(2)18(14(3)10-12)19(22)20-7-4-5-16(20)15-11-23-8-6-17(15)21/h9-10,15-17,21H,4-8,11H2,1-3H3/t15-,16-,17-/m1/s1. The predicted molar refractivity (Wildman–Crippen MR) is 89.6 cm³/mol. The van der Waals surface area contributed by atoms with Crippen LogP contribution in [-0.2, 0) is 4.74 Å². The van der Waals surface area contributed by atoms with Crippen molar-refractivity contribution >= 4 is 5.91 Å². The number of rotatable bonds is 2. The molecule has 0 aromatic heterocycles. The summed E-state index contributed by atoms with van der Waals surface area (Å²) >= 11 is 0. The normalized spacial score (nSPS) is 28.2. The maximum absolute atomic E-state index is 13.2. The average molecular weight is 317 g/mol. The number of nitrogens with zero attached hydrogens (tertiary/aromatic N) is 1.